The largest absolute Gasteiger partial charge is 0.348 e. The molecule has 0 spiro atoms. The van der Waals surface area contributed by atoms with Gasteiger partial charge in [0.05, 0.1) is 18.2 Å². The molecule has 0 unspecified atom stereocenters. The zero-order chi connectivity index (χ0) is 22.1. The van der Waals surface area contributed by atoms with Gasteiger partial charge in [-0.1, -0.05) is 6.07 Å². The van der Waals surface area contributed by atoms with Crippen LogP contribution in [0.1, 0.15) is 23.4 Å². The molecule has 1 aliphatic rings. The normalized spacial score (nSPS) is 16.1. The van der Waals surface area contributed by atoms with Gasteiger partial charge in [0, 0.05) is 24.7 Å². The second-order valence-electron chi connectivity index (χ2n) is 7.50. The lowest BCUT2D eigenvalue weighted by atomic mass is 10.1. The van der Waals surface area contributed by atoms with Gasteiger partial charge in [0.15, 0.2) is 17.5 Å². The molecule has 1 fully saturated rings. The molecular formula is C21H20F2N6O2. The molecule has 160 valence electrons. The smallest absolute Gasteiger partial charge is 0.227 e. The van der Waals surface area contributed by atoms with Gasteiger partial charge in [-0.05, 0) is 59.7 Å². The topological polar surface area (TPSA) is 93.0 Å². The highest BCUT2D eigenvalue weighted by Gasteiger charge is 2.35. The van der Waals surface area contributed by atoms with Crippen LogP contribution in [0.4, 0.5) is 14.5 Å². The van der Waals surface area contributed by atoms with E-state index < -0.39 is 17.6 Å². The summed E-state index contributed by atoms with van der Waals surface area (Å²) in [5, 5.41) is 13.9. The highest BCUT2D eigenvalue weighted by molar-refractivity contribution is 6.00. The Balaban J connectivity index is 1.42. The van der Waals surface area contributed by atoms with Gasteiger partial charge in [-0.3, -0.25) is 9.59 Å². The summed E-state index contributed by atoms with van der Waals surface area (Å²) in [6.45, 7) is 4.22. The van der Waals surface area contributed by atoms with Gasteiger partial charge in [0.1, 0.15) is 0 Å². The Kier molecular flexibility index (Phi) is 5.45. The third kappa shape index (κ3) is 4.14. The lowest BCUT2D eigenvalue weighted by Crippen LogP contribution is -2.33. The van der Waals surface area contributed by atoms with Crippen molar-refractivity contribution in [3.63, 3.8) is 0 Å². The average molecular weight is 426 g/mol. The van der Waals surface area contributed by atoms with Crippen molar-refractivity contribution in [1.82, 2.24) is 25.5 Å². The maximum Gasteiger partial charge on any atom is 0.227 e. The van der Waals surface area contributed by atoms with Crippen molar-refractivity contribution >= 4 is 17.5 Å². The number of amides is 2. The lowest BCUT2D eigenvalue weighted by Gasteiger charge is -2.18. The quantitative estimate of drug-likeness (QED) is 0.675. The van der Waals surface area contributed by atoms with Crippen molar-refractivity contribution in [1.29, 1.82) is 0 Å². The molecule has 0 bridgehead atoms. The molecule has 1 saturated heterocycles. The Hall–Kier alpha value is -3.69. The second-order valence-corrected chi connectivity index (χ2v) is 7.50. The highest BCUT2D eigenvalue weighted by atomic mass is 19.2. The molecule has 31 heavy (non-hydrogen) atoms. The van der Waals surface area contributed by atoms with E-state index >= 15 is 0 Å². The number of halogens is 2. The Morgan fingerprint density at radius 1 is 1.10 bits per heavy atom. The molecule has 1 atom stereocenters. The van der Waals surface area contributed by atoms with Gasteiger partial charge in [0.2, 0.25) is 11.8 Å². The summed E-state index contributed by atoms with van der Waals surface area (Å²) in [7, 11) is 0. The third-order valence-corrected chi connectivity index (χ3v) is 5.40. The van der Waals surface area contributed by atoms with Gasteiger partial charge in [0.25, 0.3) is 0 Å². The van der Waals surface area contributed by atoms with E-state index in [0.717, 1.165) is 28.9 Å². The SMILES string of the molecule is Cc1ccc(N2C[C@@H](C(=O)NCc3nnnn3-c3ccc(F)c(F)c3)CC2=O)cc1C. The van der Waals surface area contributed by atoms with E-state index in [1.165, 1.54) is 10.7 Å². The summed E-state index contributed by atoms with van der Waals surface area (Å²) in [5.74, 6) is -2.70. The first-order chi connectivity index (χ1) is 14.8. The van der Waals surface area contributed by atoms with Crippen LogP contribution < -0.4 is 10.2 Å². The molecular weight excluding hydrogens is 406 g/mol. The molecule has 1 aliphatic heterocycles. The van der Waals surface area contributed by atoms with Gasteiger partial charge in [-0.25, -0.2) is 8.78 Å². The van der Waals surface area contributed by atoms with E-state index in [4.69, 9.17) is 0 Å². The van der Waals surface area contributed by atoms with Crippen molar-refractivity contribution in [3.05, 3.63) is 65.0 Å². The van der Waals surface area contributed by atoms with Crippen molar-refractivity contribution in [2.24, 2.45) is 5.92 Å². The summed E-state index contributed by atoms with van der Waals surface area (Å²) >= 11 is 0. The van der Waals surface area contributed by atoms with Crippen LogP contribution in [-0.4, -0.2) is 38.6 Å². The zero-order valence-electron chi connectivity index (χ0n) is 17.0. The molecule has 3 aromatic rings. The summed E-state index contributed by atoms with van der Waals surface area (Å²) in [6, 6.07) is 9.02. The maximum atomic E-state index is 13.5. The summed E-state index contributed by atoms with van der Waals surface area (Å²) in [4.78, 5) is 26.7. The van der Waals surface area contributed by atoms with E-state index in [9.17, 15) is 18.4 Å². The van der Waals surface area contributed by atoms with E-state index in [2.05, 4.69) is 20.8 Å². The Bertz CT molecular complexity index is 1160. The molecule has 2 aromatic carbocycles. The van der Waals surface area contributed by atoms with E-state index in [1.807, 2.05) is 32.0 Å². The predicted molar refractivity (Wildman–Crippen MR) is 107 cm³/mol. The standard InChI is InChI=1S/C21H20F2N6O2/c1-12-3-4-15(7-13(12)2)28-11-14(8-20(28)30)21(31)24-10-19-25-26-27-29(19)16-5-6-17(22)18(23)9-16/h3-7,9,14H,8,10-11H2,1-2H3,(H,24,31)/t14-/m0/s1. The first kappa shape index (κ1) is 20.6. The van der Waals surface area contributed by atoms with Crippen molar-refractivity contribution in [2.75, 3.05) is 11.4 Å². The Morgan fingerprint density at radius 2 is 1.87 bits per heavy atom. The van der Waals surface area contributed by atoms with Crippen LogP contribution in [-0.2, 0) is 16.1 Å². The first-order valence-corrected chi connectivity index (χ1v) is 9.71. The lowest BCUT2D eigenvalue weighted by molar-refractivity contribution is -0.126. The zero-order valence-corrected chi connectivity index (χ0v) is 17.0. The number of tetrazole rings is 1. The number of nitrogens with one attached hydrogen (secondary N) is 1. The number of aromatic nitrogens is 4. The van der Waals surface area contributed by atoms with Crippen LogP contribution in [0.15, 0.2) is 36.4 Å². The van der Waals surface area contributed by atoms with Crippen LogP contribution in [0, 0.1) is 31.4 Å². The molecule has 0 aliphatic carbocycles. The molecule has 2 heterocycles. The minimum Gasteiger partial charge on any atom is -0.348 e. The minimum absolute atomic E-state index is 0.0286. The van der Waals surface area contributed by atoms with Gasteiger partial charge >= 0.3 is 0 Å². The number of anilines is 1. The number of hydrogen-bond acceptors (Lipinski definition) is 5. The number of benzene rings is 2. The summed E-state index contributed by atoms with van der Waals surface area (Å²) in [6.07, 6.45) is 0.104. The van der Waals surface area contributed by atoms with Gasteiger partial charge in [-0.15, -0.1) is 5.10 Å². The third-order valence-electron chi connectivity index (χ3n) is 5.40. The Labute approximate surface area is 176 Å². The van der Waals surface area contributed by atoms with Gasteiger partial charge in [-0.2, -0.15) is 4.68 Å². The first-order valence-electron chi connectivity index (χ1n) is 9.71. The van der Waals surface area contributed by atoms with Crippen LogP contribution >= 0.6 is 0 Å². The maximum absolute atomic E-state index is 13.5. The number of rotatable bonds is 5. The fourth-order valence-corrected chi connectivity index (χ4v) is 3.47. The molecule has 1 aromatic heterocycles. The van der Waals surface area contributed by atoms with E-state index in [0.29, 0.717) is 0 Å². The van der Waals surface area contributed by atoms with Crippen LogP contribution in [0.5, 0.6) is 0 Å². The van der Waals surface area contributed by atoms with E-state index in [-0.39, 0.29) is 42.8 Å². The van der Waals surface area contributed by atoms with Crippen molar-refractivity contribution < 1.29 is 18.4 Å². The molecule has 2 amide bonds. The summed E-state index contributed by atoms with van der Waals surface area (Å²) in [5.41, 5.74) is 3.20. The predicted octanol–water partition coefficient (Wildman–Crippen LogP) is 2.23. The van der Waals surface area contributed by atoms with Crippen molar-refractivity contribution in [2.45, 2.75) is 26.8 Å². The highest BCUT2D eigenvalue weighted by Crippen LogP contribution is 2.27. The molecule has 0 saturated carbocycles. The number of hydrogen-bond donors (Lipinski definition) is 1. The molecule has 4 rings (SSSR count). The van der Waals surface area contributed by atoms with E-state index in [1.54, 1.807) is 4.90 Å². The van der Waals surface area contributed by atoms with Gasteiger partial charge < -0.3 is 10.2 Å². The molecule has 0 radical (unpaired) electrons. The van der Waals surface area contributed by atoms with Crippen molar-refractivity contribution in [3.8, 4) is 5.69 Å². The number of aryl methyl sites for hydroxylation is 2. The minimum atomic E-state index is -1.03. The van der Waals surface area contributed by atoms with Crippen LogP contribution in [0.2, 0.25) is 0 Å². The fraction of sp³-hybridized carbons (Fsp3) is 0.286. The molecule has 8 nitrogen and oxygen atoms in total. The average Bonchev–Trinajstić information content (AvgIpc) is 3.37. The fourth-order valence-electron chi connectivity index (χ4n) is 3.47. The van der Waals surface area contributed by atoms with Crippen LogP contribution in [0.25, 0.3) is 5.69 Å². The molecule has 1 N–H and O–H groups in total. The molecule has 10 heteroatoms. The van der Waals surface area contributed by atoms with Crippen LogP contribution in [0.3, 0.4) is 0 Å². The number of carbonyl (C=O) groups is 2. The number of carbonyl (C=O) groups excluding carboxylic acids is 2. The second kappa shape index (κ2) is 8.21. The monoisotopic (exact) mass is 426 g/mol. The summed E-state index contributed by atoms with van der Waals surface area (Å²) < 4.78 is 27.9. The Morgan fingerprint density at radius 3 is 2.61 bits per heavy atom. The number of nitrogens with zero attached hydrogens (tertiary/aromatic N) is 5.